The Morgan fingerprint density at radius 3 is 2.05 bits per heavy atom. The van der Waals surface area contributed by atoms with E-state index in [4.69, 9.17) is 0 Å². The first-order valence-electron chi connectivity index (χ1n) is 11.9. The molecule has 3 aromatic rings. The molecule has 0 bridgehead atoms. The van der Waals surface area contributed by atoms with Crippen molar-refractivity contribution in [3.63, 3.8) is 0 Å². The minimum atomic E-state index is -4.83. The second-order valence-electron chi connectivity index (χ2n) is 9.50. The number of nitrogens with one attached hydrogen (secondary N) is 3. The van der Waals surface area contributed by atoms with Crippen molar-refractivity contribution in [2.45, 2.75) is 35.9 Å². The highest BCUT2D eigenvalue weighted by Gasteiger charge is 2.39. The number of H-pyrrole nitrogens is 1. The molecule has 2 aliphatic heterocycles. The second kappa shape index (κ2) is 9.28. The van der Waals surface area contributed by atoms with Crippen molar-refractivity contribution in [1.29, 1.82) is 0 Å². The van der Waals surface area contributed by atoms with Gasteiger partial charge in [-0.3, -0.25) is 9.59 Å². The number of halogens is 3. The summed E-state index contributed by atoms with van der Waals surface area (Å²) < 4.78 is 68.2. The van der Waals surface area contributed by atoms with Gasteiger partial charge in [-0.25, -0.2) is 8.42 Å². The average Bonchev–Trinajstić information content (AvgIpc) is 2.86. The van der Waals surface area contributed by atoms with Crippen molar-refractivity contribution < 1.29 is 26.4 Å². The minimum absolute atomic E-state index is 0.0312. The molecule has 1 fully saturated rings. The summed E-state index contributed by atoms with van der Waals surface area (Å²) in [5, 5.41) is 5.77. The number of sulfone groups is 1. The van der Waals surface area contributed by atoms with E-state index in [0.29, 0.717) is 35.3 Å². The molecule has 38 heavy (non-hydrogen) atoms. The van der Waals surface area contributed by atoms with Gasteiger partial charge in [-0.15, -0.1) is 0 Å². The number of aryl methyl sites for hydroxylation is 2. The van der Waals surface area contributed by atoms with Gasteiger partial charge in [0.15, 0.2) is 0 Å². The Bertz CT molecular complexity index is 1550. The molecule has 1 amide bonds. The van der Waals surface area contributed by atoms with Crippen LogP contribution in [-0.2, 0) is 16.0 Å². The van der Waals surface area contributed by atoms with E-state index < -0.39 is 44.8 Å². The molecule has 0 saturated carbocycles. The number of anilines is 1. The molecular formula is C26H25F3N4O4S. The van der Waals surface area contributed by atoms with Crippen molar-refractivity contribution >= 4 is 21.4 Å². The zero-order valence-electron chi connectivity index (χ0n) is 20.6. The molecule has 2 aliphatic rings. The maximum Gasteiger partial charge on any atom is 0.433 e. The minimum Gasteiger partial charge on any atom is -0.367 e. The predicted molar refractivity (Wildman–Crippen MR) is 134 cm³/mol. The van der Waals surface area contributed by atoms with Gasteiger partial charge in [0.2, 0.25) is 9.84 Å². The number of aromatic nitrogens is 1. The van der Waals surface area contributed by atoms with Gasteiger partial charge < -0.3 is 20.5 Å². The summed E-state index contributed by atoms with van der Waals surface area (Å²) in [6.07, 6.45) is -4.83. The zero-order chi connectivity index (χ0) is 27.4. The summed E-state index contributed by atoms with van der Waals surface area (Å²) in [6, 6.07) is 9.67. The Morgan fingerprint density at radius 2 is 1.53 bits per heavy atom. The number of carbonyl (C=O) groups excluding carboxylic acids is 1. The van der Waals surface area contributed by atoms with Crippen molar-refractivity contribution in [3.05, 3.63) is 86.3 Å². The number of benzene rings is 2. The number of rotatable bonds is 3. The van der Waals surface area contributed by atoms with Crippen molar-refractivity contribution in [2.24, 2.45) is 0 Å². The molecule has 0 unspecified atom stereocenters. The quantitative estimate of drug-likeness (QED) is 0.466. The molecule has 12 heteroatoms. The van der Waals surface area contributed by atoms with Crippen LogP contribution >= 0.6 is 0 Å². The Kier molecular flexibility index (Phi) is 6.35. The van der Waals surface area contributed by atoms with Gasteiger partial charge in [-0.1, -0.05) is 24.3 Å². The molecule has 1 saturated heterocycles. The molecule has 0 radical (unpaired) electrons. The third-order valence-corrected chi connectivity index (χ3v) is 8.69. The standard InChI is InChI=1S/C26H25F3N4O4S/c1-14-3-5-16-20(11-14)38(36,37)21-12-15(2)4-6-17(21)22(16)31-24(34)18-13-19(33-9-7-30-8-10-33)23(26(27,28)29)32-25(18)35/h3-6,11-13,22,30H,7-10H2,1-2H3,(H,31,34)(H,32,35). The molecule has 5 rings (SSSR count). The molecule has 3 N–H and O–H groups in total. The zero-order valence-corrected chi connectivity index (χ0v) is 21.4. The Balaban J connectivity index is 1.61. The second-order valence-corrected chi connectivity index (χ2v) is 11.4. The molecule has 200 valence electrons. The summed E-state index contributed by atoms with van der Waals surface area (Å²) >= 11 is 0. The molecule has 0 aliphatic carbocycles. The first-order valence-corrected chi connectivity index (χ1v) is 13.4. The highest BCUT2D eigenvalue weighted by molar-refractivity contribution is 7.91. The number of amides is 1. The van der Waals surface area contributed by atoms with Crippen LogP contribution in [-0.4, -0.2) is 45.5 Å². The predicted octanol–water partition coefficient (Wildman–Crippen LogP) is 3.09. The summed E-state index contributed by atoms with van der Waals surface area (Å²) in [6.45, 7) is 4.90. The van der Waals surface area contributed by atoms with Gasteiger partial charge in [0.05, 0.1) is 21.5 Å². The van der Waals surface area contributed by atoms with Crippen LogP contribution in [0.5, 0.6) is 0 Å². The number of piperazine rings is 1. The summed E-state index contributed by atoms with van der Waals surface area (Å²) in [5.74, 6) is -0.918. The van der Waals surface area contributed by atoms with Crippen molar-refractivity contribution in [3.8, 4) is 0 Å². The number of carbonyl (C=O) groups is 1. The number of aromatic amines is 1. The number of nitrogens with zero attached hydrogens (tertiary/aromatic N) is 1. The van der Waals surface area contributed by atoms with Crippen LogP contribution < -0.4 is 21.1 Å². The number of pyridine rings is 1. The molecule has 0 atom stereocenters. The molecule has 1 aromatic heterocycles. The summed E-state index contributed by atoms with van der Waals surface area (Å²) in [7, 11) is -3.89. The largest absolute Gasteiger partial charge is 0.433 e. The highest BCUT2D eigenvalue weighted by Crippen LogP contribution is 2.41. The van der Waals surface area contributed by atoms with Gasteiger partial charge >= 0.3 is 6.18 Å². The van der Waals surface area contributed by atoms with E-state index in [2.05, 4.69) is 10.6 Å². The Morgan fingerprint density at radius 1 is 0.974 bits per heavy atom. The Labute approximate surface area is 216 Å². The lowest BCUT2D eigenvalue weighted by atomic mass is 9.95. The lowest BCUT2D eigenvalue weighted by molar-refractivity contribution is -0.140. The van der Waals surface area contributed by atoms with Gasteiger partial charge in [0.25, 0.3) is 11.5 Å². The van der Waals surface area contributed by atoms with E-state index in [1.165, 1.54) is 17.0 Å². The van der Waals surface area contributed by atoms with E-state index >= 15 is 0 Å². The highest BCUT2D eigenvalue weighted by atomic mass is 32.2. The molecular weight excluding hydrogens is 521 g/mol. The topological polar surface area (TPSA) is 111 Å². The molecule has 0 spiro atoms. The molecule has 3 heterocycles. The Hall–Kier alpha value is -3.64. The smallest absolute Gasteiger partial charge is 0.367 e. The summed E-state index contributed by atoms with van der Waals surface area (Å²) in [4.78, 5) is 29.6. The third-order valence-electron chi connectivity index (χ3n) is 6.82. The third kappa shape index (κ3) is 4.47. The van der Waals surface area contributed by atoms with Crippen LogP contribution in [0.1, 0.15) is 44.3 Å². The lowest BCUT2D eigenvalue weighted by Crippen LogP contribution is -2.45. The van der Waals surface area contributed by atoms with Crippen LogP contribution in [0.2, 0.25) is 0 Å². The van der Waals surface area contributed by atoms with E-state index in [9.17, 15) is 31.2 Å². The van der Waals surface area contributed by atoms with Crippen molar-refractivity contribution in [2.75, 3.05) is 31.1 Å². The first-order chi connectivity index (χ1) is 17.9. The molecule has 8 nitrogen and oxygen atoms in total. The fourth-order valence-corrected chi connectivity index (χ4v) is 6.85. The number of fused-ring (bicyclic) bond motifs is 2. The maximum absolute atomic E-state index is 13.8. The maximum atomic E-state index is 13.8. The fourth-order valence-electron chi connectivity index (χ4n) is 4.94. The number of hydrogen-bond donors (Lipinski definition) is 3. The van der Waals surface area contributed by atoms with Crippen LogP contribution in [0.3, 0.4) is 0 Å². The monoisotopic (exact) mass is 546 g/mol. The van der Waals surface area contributed by atoms with Crippen LogP contribution in [0.15, 0.2) is 57.1 Å². The van der Waals surface area contributed by atoms with Crippen LogP contribution in [0, 0.1) is 13.8 Å². The lowest BCUT2D eigenvalue weighted by Gasteiger charge is -2.32. The van der Waals surface area contributed by atoms with E-state index in [1.54, 1.807) is 38.1 Å². The summed E-state index contributed by atoms with van der Waals surface area (Å²) in [5.41, 5.74) is -1.17. The van der Waals surface area contributed by atoms with E-state index in [-0.39, 0.29) is 28.6 Å². The van der Waals surface area contributed by atoms with Gasteiger partial charge in [0, 0.05) is 26.2 Å². The fraction of sp³-hybridized carbons (Fsp3) is 0.308. The number of hydrogen-bond acceptors (Lipinski definition) is 6. The normalized spacial score (nSPS) is 17.0. The van der Waals surface area contributed by atoms with Gasteiger partial charge in [-0.05, 0) is 54.3 Å². The van der Waals surface area contributed by atoms with Gasteiger partial charge in [-0.2, -0.15) is 13.2 Å². The van der Waals surface area contributed by atoms with E-state index in [0.717, 1.165) is 6.07 Å². The number of alkyl halides is 3. The average molecular weight is 547 g/mol. The van der Waals surface area contributed by atoms with Gasteiger partial charge in [0.1, 0.15) is 11.3 Å². The molecule has 2 aromatic carbocycles. The van der Waals surface area contributed by atoms with Crippen LogP contribution in [0.25, 0.3) is 0 Å². The van der Waals surface area contributed by atoms with E-state index in [1.807, 2.05) is 4.98 Å². The van der Waals surface area contributed by atoms with Crippen molar-refractivity contribution in [1.82, 2.24) is 15.6 Å². The first kappa shape index (κ1) is 26.0. The SMILES string of the molecule is Cc1ccc2c(c1)S(=O)(=O)c1cc(C)ccc1C2NC(=O)c1cc(N2CCNCC2)c(C(F)(F)F)[nH]c1=O. The van der Waals surface area contributed by atoms with Crippen LogP contribution in [0.4, 0.5) is 18.9 Å².